The number of aliphatic imine (C=N–C) groups is 1. The van der Waals surface area contributed by atoms with E-state index in [4.69, 9.17) is 5.73 Å². The second-order valence-corrected chi connectivity index (χ2v) is 10.3. The van der Waals surface area contributed by atoms with Crippen LogP contribution in [0.15, 0.2) is 16.6 Å². The minimum atomic E-state index is -0.768. The molecule has 198 valence electrons. The van der Waals surface area contributed by atoms with E-state index in [2.05, 4.69) is 15.3 Å². The van der Waals surface area contributed by atoms with Crippen LogP contribution in [0.25, 0.3) is 0 Å². The number of thiazole rings is 1. The summed E-state index contributed by atoms with van der Waals surface area (Å²) in [4.78, 5) is 65.3. The molecule has 2 aliphatic heterocycles. The lowest BCUT2D eigenvalue weighted by Crippen LogP contribution is -2.59. The van der Waals surface area contributed by atoms with E-state index in [-0.39, 0.29) is 30.6 Å². The fourth-order valence-corrected chi connectivity index (χ4v) is 5.14. The number of likely N-dealkylation sites (N-methyl/N-ethyl adjacent to an activating group) is 1. The minimum absolute atomic E-state index is 0.0179. The summed E-state index contributed by atoms with van der Waals surface area (Å²) in [6, 6.07) is -1.36. The molecule has 3 amide bonds. The molecule has 0 aromatic carbocycles. The molecule has 1 aromatic rings. The van der Waals surface area contributed by atoms with Crippen molar-refractivity contribution in [2.24, 2.45) is 10.7 Å². The molecule has 2 aliphatic rings. The van der Waals surface area contributed by atoms with Gasteiger partial charge in [0.2, 0.25) is 23.5 Å². The van der Waals surface area contributed by atoms with Crippen LogP contribution in [-0.4, -0.2) is 107 Å². The fraction of sp³-hybridized carbons (Fsp3) is 0.667. The van der Waals surface area contributed by atoms with E-state index in [9.17, 15) is 19.2 Å². The number of piperidine rings is 1. The molecule has 2 atom stereocenters. The molecule has 2 saturated heterocycles. The molecule has 36 heavy (non-hydrogen) atoms. The number of carbonyl (C=O) groups is 4. The predicted octanol–water partition coefficient (Wildman–Crippen LogP) is 0.513. The number of Topliss-reactive ketones (excluding diaryl/α,β-unsaturated/α-hetero) is 1. The van der Waals surface area contributed by atoms with Crippen LogP contribution in [-0.2, 0) is 14.4 Å². The average Bonchev–Trinajstić information content (AvgIpc) is 3.40. The molecule has 0 bridgehead atoms. The maximum atomic E-state index is 13.2. The maximum absolute atomic E-state index is 13.2. The van der Waals surface area contributed by atoms with E-state index in [1.54, 1.807) is 18.5 Å². The van der Waals surface area contributed by atoms with Gasteiger partial charge >= 0.3 is 0 Å². The Bertz CT molecular complexity index is 942. The highest BCUT2D eigenvalue weighted by molar-refractivity contribution is 7.11. The zero-order valence-electron chi connectivity index (χ0n) is 21.1. The lowest BCUT2D eigenvalue weighted by molar-refractivity contribution is -0.148. The van der Waals surface area contributed by atoms with Gasteiger partial charge in [0, 0.05) is 44.3 Å². The van der Waals surface area contributed by atoms with Gasteiger partial charge in [-0.1, -0.05) is 0 Å². The third-order valence-corrected chi connectivity index (χ3v) is 7.36. The number of amidine groups is 1. The molecule has 0 radical (unpaired) electrons. The van der Waals surface area contributed by atoms with Crippen LogP contribution in [0.1, 0.15) is 55.3 Å². The second kappa shape index (κ2) is 13.4. The van der Waals surface area contributed by atoms with E-state index in [0.29, 0.717) is 43.3 Å². The van der Waals surface area contributed by atoms with Gasteiger partial charge in [0.25, 0.3) is 0 Å². The number of nitrogens with zero attached hydrogens (tertiary/aromatic N) is 5. The first-order valence-electron chi connectivity index (χ1n) is 12.5. The smallest absolute Gasteiger partial charge is 0.240 e. The van der Waals surface area contributed by atoms with Crippen molar-refractivity contribution in [3.05, 3.63) is 16.6 Å². The van der Waals surface area contributed by atoms with Crippen molar-refractivity contribution in [2.75, 3.05) is 46.3 Å². The summed E-state index contributed by atoms with van der Waals surface area (Å²) in [5.74, 6) is -0.469. The number of aromatic nitrogens is 1. The van der Waals surface area contributed by atoms with Crippen LogP contribution in [0.4, 0.5) is 0 Å². The molecular weight excluding hydrogens is 482 g/mol. The van der Waals surface area contributed by atoms with Gasteiger partial charge in [-0.3, -0.25) is 29.1 Å². The molecule has 3 heterocycles. The number of likely N-dealkylation sites (tertiary alicyclic amines) is 1. The van der Waals surface area contributed by atoms with Crippen molar-refractivity contribution in [1.29, 1.82) is 0 Å². The molecule has 3 rings (SSSR count). The van der Waals surface area contributed by atoms with Gasteiger partial charge in [-0.15, -0.1) is 11.3 Å². The summed E-state index contributed by atoms with van der Waals surface area (Å²) in [6.07, 6.45) is 5.71. The van der Waals surface area contributed by atoms with Gasteiger partial charge in [0.15, 0.2) is 5.01 Å². The number of hydrogen-bond acceptors (Lipinski definition) is 8. The number of hydrogen-bond donors (Lipinski definition) is 2. The van der Waals surface area contributed by atoms with Gasteiger partial charge in [0.05, 0.1) is 30.9 Å². The number of nitrogens with one attached hydrogen (secondary N) is 1. The monoisotopic (exact) mass is 519 g/mol. The van der Waals surface area contributed by atoms with Crippen LogP contribution in [0, 0.1) is 0 Å². The first-order valence-corrected chi connectivity index (χ1v) is 13.4. The number of rotatable bonds is 11. The number of piperazine rings is 1. The Morgan fingerprint density at radius 1 is 1.22 bits per heavy atom. The standard InChI is InChI=1S/C24H37N7O4S/c1-17(25)26-8-6-7-18(22(34)23-27-9-14-36-23)28-20(32)16-31-13-12-29(2)19(24(31)35)15-21(33)30-10-4-3-5-11-30/h9,14,18-19H,3-8,10-13,15-16H2,1-2H3,(H2,25,26)(H,28,32)/t18-,19+/m0/s1. The van der Waals surface area contributed by atoms with Crippen LogP contribution in [0.3, 0.4) is 0 Å². The summed E-state index contributed by atoms with van der Waals surface area (Å²) >= 11 is 1.22. The van der Waals surface area contributed by atoms with Gasteiger partial charge in [-0.05, 0) is 46.1 Å². The maximum Gasteiger partial charge on any atom is 0.240 e. The van der Waals surface area contributed by atoms with Gasteiger partial charge < -0.3 is 20.9 Å². The largest absolute Gasteiger partial charge is 0.388 e. The van der Waals surface area contributed by atoms with Crippen molar-refractivity contribution in [3.8, 4) is 0 Å². The summed E-state index contributed by atoms with van der Waals surface area (Å²) in [5.41, 5.74) is 5.58. The van der Waals surface area contributed by atoms with Crippen molar-refractivity contribution in [2.45, 2.75) is 57.5 Å². The lowest BCUT2D eigenvalue weighted by atomic mass is 10.0. The molecular formula is C24H37N7O4S. The predicted molar refractivity (Wildman–Crippen MR) is 138 cm³/mol. The van der Waals surface area contributed by atoms with E-state index in [0.717, 1.165) is 32.4 Å². The Balaban J connectivity index is 1.59. The molecule has 1 aromatic heterocycles. The number of amides is 3. The Morgan fingerprint density at radius 3 is 2.64 bits per heavy atom. The summed E-state index contributed by atoms with van der Waals surface area (Å²) < 4.78 is 0. The molecule has 12 heteroatoms. The second-order valence-electron chi connectivity index (χ2n) is 9.39. The molecule has 0 spiro atoms. The Labute approximate surface area is 216 Å². The van der Waals surface area contributed by atoms with Crippen molar-refractivity contribution in [3.63, 3.8) is 0 Å². The number of ketones is 1. The first-order chi connectivity index (χ1) is 17.3. The fourth-order valence-electron chi connectivity index (χ4n) is 4.51. The number of carbonyl (C=O) groups excluding carboxylic acids is 4. The topological polar surface area (TPSA) is 141 Å². The average molecular weight is 520 g/mol. The molecule has 2 fully saturated rings. The van der Waals surface area contributed by atoms with E-state index >= 15 is 0 Å². The molecule has 0 aliphatic carbocycles. The third kappa shape index (κ3) is 7.82. The zero-order valence-corrected chi connectivity index (χ0v) is 22.0. The summed E-state index contributed by atoms with van der Waals surface area (Å²) in [6.45, 7) is 4.40. The van der Waals surface area contributed by atoms with Gasteiger partial charge in [0.1, 0.15) is 0 Å². The van der Waals surface area contributed by atoms with Gasteiger partial charge in [-0.25, -0.2) is 4.98 Å². The lowest BCUT2D eigenvalue weighted by Gasteiger charge is -2.39. The minimum Gasteiger partial charge on any atom is -0.388 e. The summed E-state index contributed by atoms with van der Waals surface area (Å²) in [7, 11) is 1.83. The SMILES string of the molecule is CC(N)=NCCC[C@H](NC(=O)CN1CCN(C)[C@H](CC(=O)N2CCCCC2)C1=O)C(=O)c1nccs1. The zero-order chi connectivity index (χ0) is 26.1. The normalized spacial score (nSPS) is 20.3. The summed E-state index contributed by atoms with van der Waals surface area (Å²) in [5, 5.41) is 4.83. The van der Waals surface area contributed by atoms with Crippen LogP contribution < -0.4 is 11.1 Å². The van der Waals surface area contributed by atoms with Crippen molar-refractivity contribution >= 4 is 40.7 Å². The quantitative estimate of drug-likeness (QED) is 0.188. The molecule has 3 N–H and O–H groups in total. The highest BCUT2D eigenvalue weighted by Crippen LogP contribution is 2.17. The van der Waals surface area contributed by atoms with Crippen molar-refractivity contribution < 1.29 is 19.2 Å². The van der Waals surface area contributed by atoms with Crippen LogP contribution in [0.2, 0.25) is 0 Å². The highest BCUT2D eigenvalue weighted by Gasteiger charge is 2.36. The number of nitrogens with two attached hydrogens (primary N) is 1. The molecule has 0 unspecified atom stereocenters. The molecule has 11 nitrogen and oxygen atoms in total. The van der Waals surface area contributed by atoms with Crippen LogP contribution >= 0.6 is 11.3 Å². The Hall–Kier alpha value is -2.86. The highest BCUT2D eigenvalue weighted by atomic mass is 32.1. The van der Waals surface area contributed by atoms with Crippen molar-refractivity contribution in [1.82, 2.24) is 25.0 Å². The van der Waals surface area contributed by atoms with E-state index in [1.165, 1.54) is 16.2 Å². The third-order valence-electron chi connectivity index (χ3n) is 6.57. The van der Waals surface area contributed by atoms with E-state index in [1.807, 2.05) is 16.8 Å². The van der Waals surface area contributed by atoms with Gasteiger partial charge in [-0.2, -0.15) is 0 Å². The Morgan fingerprint density at radius 2 is 1.97 bits per heavy atom. The Kier molecular flexibility index (Phi) is 10.4. The van der Waals surface area contributed by atoms with Crippen LogP contribution in [0.5, 0.6) is 0 Å². The first kappa shape index (κ1) is 27.7. The van der Waals surface area contributed by atoms with E-state index < -0.39 is 18.0 Å². The molecule has 0 saturated carbocycles.